The Morgan fingerprint density at radius 2 is 1.62 bits per heavy atom. The second-order valence-corrected chi connectivity index (χ2v) is 8.79. The van der Waals surface area contributed by atoms with E-state index in [1.807, 2.05) is 42.5 Å². The maximum atomic E-state index is 15.4. The van der Waals surface area contributed by atoms with Crippen molar-refractivity contribution in [1.29, 1.82) is 0 Å². The topological polar surface area (TPSA) is 75.2 Å². The Bertz CT molecular complexity index is 1310. The van der Waals surface area contributed by atoms with E-state index in [2.05, 4.69) is 9.97 Å². The van der Waals surface area contributed by atoms with Crippen molar-refractivity contribution in [3.8, 4) is 28.3 Å². The second-order valence-electron chi connectivity index (χ2n) is 8.79. The number of carboxylic acid groups (broad SMARTS) is 1. The zero-order valence-electron chi connectivity index (χ0n) is 18.4. The number of carboxylic acids is 1. The molecule has 0 aliphatic heterocycles. The molecule has 7 heteroatoms. The predicted molar refractivity (Wildman–Crippen MR) is 126 cm³/mol. The summed E-state index contributed by atoms with van der Waals surface area (Å²) in [5.74, 6) is -2.05. The number of nitrogens with one attached hydrogen (secondary N) is 1. The zero-order chi connectivity index (χ0) is 23.7. The number of nitrogens with zero attached hydrogens (tertiary/aromatic N) is 1. The molecule has 1 aromatic heterocycles. The molecule has 0 radical (unpaired) electrons. The van der Waals surface area contributed by atoms with Crippen LogP contribution in [0.5, 0.6) is 6.01 Å². The van der Waals surface area contributed by atoms with Crippen LogP contribution in [0.25, 0.3) is 33.3 Å². The van der Waals surface area contributed by atoms with Gasteiger partial charge in [-0.05, 0) is 48.3 Å². The summed E-state index contributed by atoms with van der Waals surface area (Å²) in [6.07, 6.45) is 2.93. The highest BCUT2D eigenvalue weighted by molar-refractivity contribution is 5.84. The molecule has 1 fully saturated rings. The first kappa shape index (κ1) is 22.1. The van der Waals surface area contributed by atoms with Gasteiger partial charge >= 0.3 is 5.97 Å². The smallest absolute Gasteiger partial charge is 0.303 e. The van der Waals surface area contributed by atoms with Crippen molar-refractivity contribution < 1.29 is 23.4 Å². The molecule has 2 N–H and O–H groups in total. The Morgan fingerprint density at radius 1 is 0.971 bits per heavy atom. The molecule has 0 bridgehead atoms. The molecule has 5 rings (SSSR count). The van der Waals surface area contributed by atoms with E-state index in [4.69, 9.17) is 9.84 Å². The molecule has 0 unspecified atom stereocenters. The first-order chi connectivity index (χ1) is 16.5. The highest BCUT2D eigenvalue weighted by Gasteiger charge is 2.26. The first-order valence-corrected chi connectivity index (χ1v) is 11.4. The van der Waals surface area contributed by atoms with Gasteiger partial charge in [0.15, 0.2) is 5.82 Å². The summed E-state index contributed by atoms with van der Waals surface area (Å²) >= 11 is 0. The molecule has 0 saturated heterocycles. The molecule has 0 amide bonds. The number of aromatic amines is 1. The highest BCUT2D eigenvalue weighted by Crippen LogP contribution is 2.34. The average molecular weight is 462 g/mol. The lowest BCUT2D eigenvalue weighted by Gasteiger charge is -2.27. The summed E-state index contributed by atoms with van der Waals surface area (Å²) in [5.41, 5.74) is 2.54. The number of carbonyl (C=O) groups is 1. The van der Waals surface area contributed by atoms with Gasteiger partial charge in [-0.2, -0.15) is 4.98 Å². The molecule has 1 saturated carbocycles. The van der Waals surface area contributed by atoms with Gasteiger partial charge < -0.3 is 14.8 Å². The molecular formula is C27H24F2N2O3. The van der Waals surface area contributed by atoms with Crippen molar-refractivity contribution in [3.63, 3.8) is 0 Å². The van der Waals surface area contributed by atoms with E-state index in [0.717, 1.165) is 24.0 Å². The van der Waals surface area contributed by atoms with Crippen LogP contribution in [0, 0.1) is 17.6 Å². The molecule has 34 heavy (non-hydrogen) atoms. The number of ether oxygens (including phenoxy) is 1. The van der Waals surface area contributed by atoms with Crippen LogP contribution >= 0.6 is 0 Å². The van der Waals surface area contributed by atoms with Gasteiger partial charge in [0.05, 0.1) is 11.1 Å². The van der Waals surface area contributed by atoms with Gasteiger partial charge in [-0.15, -0.1) is 0 Å². The number of fused-ring (bicyclic) bond motifs is 1. The number of hydrogen-bond acceptors (Lipinski definition) is 3. The van der Waals surface area contributed by atoms with Crippen molar-refractivity contribution in [2.24, 2.45) is 5.92 Å². The fraction of sp³-hybridized carbons (Fsp3) is 0.259. The van der Waals surface area contributed by atoms with Crippen LogP contribution in [0.15, 0.2) is 60.7 Å². The van der Waals surface area contributed by atoms with Gasteiger partial charge in [0.2, 0.25) is 0 Å². The third-order valence-electron chi connectivity index (χ3n) is 6.46. The van der Waals surface area contributed by atoms with E-state index < -0.39 is 17.6 Å². The molecule has 4 aromatic rings. The molecule has 5 nitrogen and oxygen atoms in total. The molecule has 0 atom stereocenters. The largest absolute Gasteiger partial charge is 0.481 e. The lowest BCUT2D eigenvalue weighted by Crippen LogP contribution is -2.25. The second kappa shape index (κ2) is 9.25. The third kappa shape index (κ3) is 4.51. The Balaban J connectivity index is 1.36. The van der Waals surface area contributed by atoms with E-state index in [-0.39, 0.29) is 41.1 Å². The van der Waals surface area contributed by atoms with Gasteiger partial charge in [-0.1, -0.05) is 54.6 Å². The Morgan fingerprint density at radius 3 is 2.29 bits per heavy atom. The number of halogens is 2. The normalized spacial score (nSPS) is 18.2. The summed E-state index contributed by atoms with van der Waals surface area (Å²) in [4.78, 5) is 18.0. The van der Waals surface area contributed by atoms with Gasteiger partial charge in [-0.25, -0.2) is 8.78 Å². The van der Waals surface area contributed by atoms with Crippen LogP contribution < -0.4 is 4.74 Å². The van der Waals surface area contributed by atoms with Crippen molar-refractivity contribution >= 4 is 17.0 Å². The fourth-order valence-corrected chi connectivity index (χ4v) is 4.70. The molecule has 3 aromatic carbocycles. The van der Waals surface area contributed by atoms with Crippen LogP contribution in [0.4, 0.5) is 8.78 Å². The number of aromatic nitrogens is 2. The minimum Gasteiger partial charge on any atom is -0.481 e. The van der Waals surface area contributed by atoms with Gasteiger partial charge in [-0.3, -0.25) is 4.79 Å². The van der Waals surface area contributed by atoms with E-state index in [0.29, 0.717) is 18.4 Å². The number of rotatable bonds is 6. The Kier molecular flexibility index (Phi) is 6.01. The molecule has 1 heterocycles. The van der Waals surface area contributed by atoms with E-state index in [1.54, 1.807) is 12.1 Å². The molecular weight excluding hydrogens is 438 g/mol. The maximum Gasteiger partial charge on any atom is 0.303 e. The standard InChI is InChI=1S/C27H24F2N2O3/c28-21-15-22-26(31-27(30-22)34-20-12-6-16(7-13-20)14-23(32)33)25(29)24(21)19-10-8-18(9-11-19)17-4-2-1-3-5-17/h1-5,8-11,15-16,20H,6-7,12-14H2,(H,30,31)(H,32,33)/t16-,20-. The highest BCUT2D eigenvalue weighted by atomic mass is 19.1. The van der Waals surface area contributed by atoms with E-state index >= 15 is 4.39 Å². The third-order valence-corrected chi connectivity index (χ3v) is 6.46. The maximum absolute atomic E-state index is 15.4. The van der Waals surface area contributed by atoms with Gasteiger partial charge in [0.25, 0.3) is 6.01 Å². The lowest BCUT2D eigenvalue weighted by atomic mass is 9.85. The van der Waals surface area contributed by atoms with Crippen LogP contribution in [0.1, 0.15) is 32.1 Å². The van der Waals surface area contributed by atoms with Gasteiger partial charge in [0.1, 0.15) is 17.4 Å². The van der Waals surface area contributed by atoms with Crippen LogP contribution in [0.3, 0.4) is 0 Å². The molecule has 1 aliphatic carbocycles. The first-order valence-electron chi connectivity index (χ1n) is 11.4. The van der Waals surface area contributed by atoms with Crippen LogP contribution in [-0.2, 0) is 4.79 Å². The zero-order valence-corrected chi connectivity index (χ0v) is 18.4. The van der Waals surface area contributed by atoms with E-state index in [1.165, 1.54) is 6.07 Å². The molecule has 174 valence electrons. The number of H-pyrrole nitrogens is 1. The number of aliphatic carboxylic acids is 1. The number of benzene rings is 3. The summed E-state index contributed by atoms with van der Waals surface area (Å²) in [5, 5.41) is 8.95. The molecule has 1 aliphatic rings. The summed E-state index contributed by atoms with van der Waals surface area (Å²) in [6, 6.07) is 18.2. The quantitative estimate of drug-likeness (QED) is 0.339. The SMILES string of the molecule is O=C(O)C[C@H]1CC[C@H](Oc2nc3c(F)c(-c4ccc(-c5ccccc5)cc4)c(F)cc3[nH]2)CC1. The lowest BCUT2D eigenvalue weighted by molar-refractivity contribution is -0.138. The van der Waals surface area contributed by atoms with Crippen LogP contribution in [-0.4, -0.2) is 27.1 Å². The van der Waals surface area contributed by atoms with Crippen molar-refractivity contribution in [3.05, 3.63) is 72.3 Å². The Hall–Kier alpha value is -3.74. The minimum absolute atomic E-state index is 0.0260. The predicted octanol–water partition coefficient (Wildman–Crippen LogP) is 6.59. The minimum atomic E-state index is -0.787. The summed E-state index contributed by atoms with van der Waals surface area (Å²) < 4.78 is 36.2. The number of imidazole rings is 1. The number of hydrogen-bond donors (Lipinski definition) is 2. The average Bonchev–Trinajstić information content (AvgIpc) is 3.23. The summed E-state index contributed by atoms with van der Waals surface area (Å²) in [6.45, 7) is 0. The monoisotopic (exact) mass is 462 g/mol. The van der Waals surface area contributed by atoms with Crippen molar-refractivity contribution in [2.75, 3.05) is 0 Å². The van der Waals surface area contributed by atoms with Gasteiger partial charge in [0, 0.05) is 12.5 Å². The van der Waals surface area contributed by atoms with Crippen molar-refractivity contribution in [1.82, 2.24) is 9.97 Å². The van der Waals surface area contributed by atoms with Crippen LogP contribution in [0.2, 0.25) is 0 Å². The summed E-state index contributed by atoms with van der Waals surface area (Å²) in [7, 11) is 0. The van der Waals surface area contributed by atoms with E-state index in [9.17, 15) is 9.18 Å². The van der Waals surface area contributed by atoms with Crippen molar-refractivity contribution in [2.45, 2.75) is 38.2 Å². The molecule has 0 spiro atoms. The fourth-order valence-electron chi connectivity index (χ4n) is 4.70. The Labute approximate surface area is 195 Å².